The molecule has 0 radical (unpaired) electrons. The number of aryl methyl sites for hydroxylation is 1. The van der Waals surface area contributed by atoms with E-state index >= 15 is 0 Å². The van der Waals surface area contributed by atoms with E-state index in [0.717, 1.165) is 6.07 Å². The second kappa shape index (κ2) is 5.66. The zero-order valence-electron chi connectivity index (χ0n) is 11.3. The molecular formula is C14H16F3N3. The Morgan fingerprint density at radius 2 is 2.00 bits per heavy atom. The summed E-state index contributed by atoms with van der Waals surface area (Å²) in [7, 11) is 1.74. The largest absolute Gasteiger partial charge is 0.416 e. The van der Waals surface area contributed by atoms with E-state index in [0.29, 0.717) is 12.1 Å². The molecule has 0 spiro atoms. The van der Waals surface area contributed by atoms with Gasteiger partial charge in [0.05, 0.1) is 17.8 Å². The molecule has 2 aromatic rings. The topological polar surface area (TPSA) is 29.9 Å². The van der Waals surface area contributed by atoms with Gasteiger partial charge in [0.25, 0.3) is 0 Å². The van der Waals surface area contributed by atoms with Crippen LogP contribution < -0.4 is 5.32 Å². The first kappa shape index (κ1) is 14.6. The van der Waals surface area contributed by atoms with Gasteiger partial charge < -0.3 is 5.32 Å². The SMILES string of the molecule is CCNC(c1cnn(C)c1)c1ccccc1C(F)(F)F. The van der Waals surface area contributed by atoms with E-state index in [-0.39, 0.29) is 5.56 Å². The summed E-state index contributed by atoms with van der Waals surface area (Å²) < 4.78 is 40.9. The summed E-state index contributed by atoms with van der Waals surface area (Å²) in [4.78, 5) is 0. The zero-order valence-corrected chi connectivity index (χ0v) is 11.3. The molecule has 1 aromatic heterocycles. The van der Waals surface area contributed by atoms with Crippen molar-refractivity contribution in [3.05, 3.63) is 53.3 Å². The number of hydrogen-bond acceptors (Lipinski definition) is 2. The van der Waals surface area contributed by atoms with E-state index in [4.69, 9.17) is 0 Å². The maximum absolute atomic E-state index is 13.1. The molecule has 1 unspecified atom stereocenters. The summed E-state index contributed by atoms with van der Waals surface area (Å²) in [5.41, 5.74) is 0.315. The van der Waals surface area contributed by atoms with E-state index in [1.807, 2.05) is 6.92 Å². The molecule has 1 N–H and O–H groups in total. The van der Waals surface area contributed by atoms with Crippen LogP contribution in [0.2, 0.25) is 0 Å². The lowest BCUT2D eigenvalue weighted by Gasteiger charge is -2.21. The number of benzene rings is 1. The number of hydrogen-bond donors (Lipinski definition) is 1. The highest BCUT2D eigenvalue weighted by Crippen LogP contribution is 2.36. The highest BCUT2D eigenvalue weighted by Gasteiger charge is 2.35. The minimum absolute atomic E-state index is 0.217. The fourth-order valence-electron chi connectivity index (χ4n) is 2.21. The van der Waals surface area contributed by atoms with Crippen LogP contribution in [0, 0.1) is 0 Å². The first-order valence-electron chi connectivity index (χ1n) is 6.31. The van der Waals surface area contributed by atoms with Crippen LogP contribution in [0.25, 0.3) is 0 Å². The highest BCUT2D eigenvalue weighted by atomic mass is 19.4. The molecule has 3 nitrogen and oxygen atoms in total. The smallest absolute Gasteiger partial charge is 0.306 e. The van der Waals surface area contributed by atoms with E-state index in [2.05, 4.69) is 10.4 Å². The summed E-state index contributed by atoms with van der Waals surface area (Å²) in [6, 6.07) is 5.11. The van der Waals surface area contributed by atoms with Crippen molar-refractivity contribution in [1.82, 2.24) is 15.1 Å². The van der Waals surface area contributed by atoms with Crippen LogP contribution in [0.15, 0.2) is 36.7 Å². The van der Waals surface area contributed by atoms with Crippen LogP contribution in [-0.2, 0) is 13.2 Å². The van der Waals surface area contributed by atoms with Crippen molar-refractivity contribution in [2.24, 2.45) is 7.05 Å². The van der Waals surface area contributed by atoms with Crippen LogP contribution in [-0.4, -0.2) is 16.3 Å². The maximum atomic E-state index is 13.1. The van der Waals surface area contributed by atoms with Gasteiger partial charge in [-0.1, -0.05) is 25.1 Å². The van der Waals surface area contributed by atoms with Crippen LogP contribution >= 0.6 is 0 Å². The fraction of sp³-hybridized carbons (Fsp3) is 0.357. The van der Waals surface area contributed by atoms with Crippen molar-refractivity contribution in [1.29, 1.82) is 0 Å². The number of alkyl halides is 3. The van der Waals surface area contributed by atoms with Crippen LogP contribution in [0.4, 0.5) is 13.2 Å². The Labute approximate surface area is 115 Å². The van der Waals surface area contributed by atoms with Crippen molar-refractivity contribution in [2.45, 2.75) is 19.1 Å². The van der Waals surface area contributed by atoms with Gasteiger partial charge in [-0.15, -0.1) is 0 Å². The van der Waals surface area contributed by atoms with E-state index in [9.17, 15) is 13.2 Å². The number of rotatable bonds is 4. The maximum Gasteiger partial charge on any atom is 0.416 e. The van der Waals surface area contributed by atoms with Crippen molar-refractivity contribution in [3.8, 4) is 0 Å². The predicted molar refractivity (Wildman–Crippen MR) is 70.2 cm³/mol. The van der Waals surface area contributed by atoms with Gasteiger partial charge in [0, 0.05) is 18.8 Å². The van der Waals surface area contributed by atoms with Crippen molar-refractivity contribution in [3.63, 3.8) is 0 Å². The molecule has 2 rings (SSSR count). The van der Waals surface area contributed by atoms with Gasteiger partial charge >= 0.3 is 6.18 Å². The molecule has 1 heterocycles. The van der Waals surface area contributed by atoms with Crippen molar-refractivity contribution >= 4 is 0 Å². The van der Waals surface area contributed by atoms with Gasteiger partial charge in [-0.3, -0.25) is 4.68 Å². The third-order valence-electron chi connectivity index (χ3n) is 3.04. The van der Waals surface area contributed by atoms with E-state index < -0.39 is 17.8 Å². The first-order valence-corrected chi connectivity index (χ1v) is 6.31. The molecule has 0 saturated heterocycles. The molecular weight excluding hydrogens is 267 g/mol. The summed E-state index contributed by atoms with van der Waals surface area (Å²) in [5.74, 6) is 0. The Hall–Kier alpha value is -1.82. The van der Waals surface area contributed by atoms with E-state index in [1.54, 1.807) is 30.2 Å². The number of nitrogens with zero attached hydrogens (tertiary/aromatic N) is 2. The standard InChI is InChI=1S/C14H16F3N3/c1-3-18-13(10-8-19-20(2)9-10)11-6-4-5-7-12(11)14(15,16)17/h4-9,13,18H,3H2,1-2H3. The lowest BCUT2D eigenvalue weighted by Crippen LogP contribution is -2.24. The van der Waals surface area contributed by atoms with Gasteiger partial charge in [-0.25, -0.2) is 0 Å². The Bertz CT molecular complexity index is 575. The fourth-order valence-corrected chi connectivity index (χ4v) is 2.21. The average molecular weight is 283 g/mol. The van der Waals surface area contributed by atoms with Gasteiger partial charge in [-0.2, -0.15) is 18.3 Å². The monoisotopic (exact) mass is 283 g/mol. The highest BCUT2D eigenvalue weighted by molar-refractivity contribution is 5.37. The van der Waals surface area contributed by atoms with Gasteiger partial charge in [0.2, 0.25) is 0 Å². The molecule has 0 aliphatic carbocycles. The summed E-state index contributed by atoms with van der Waals surface area (Å²) in [6.07, 6.45) is -1.06. The molecule has 0 aliphatic heterocycles. The van der Waals surface area contributed by atoms with Crippen molar-refractivity contribution < 1.29 is 13.2 Å². The molecule has 1 atom stereocenters. The van der Waals surface area contributed by atoms with Gasteiger partial charge in [0.15, 0.2) is 0 Å². The summed E-state index contributed by atoms with van der Waals surface area (Å²) in [6.45, 7) is 2.42. The summed E-state index contributed by atoms with van der Waals surface area (Å²) in [5, 5.41) is 7.12. The Morgan fingerprint density at radius 3 is 2.55 bits per heavy atom. The van der Waals surface area contributed by atoms with Crippen LogP contribution in [0.5, 0.6) is 0 Å². The summed E-state index contributed by atoms with van der Waals surface area (Å²) >= 11 is 0. The minimum atomic E-state index is -4.37. The Morgan fingerprint density at radius 1 is 1.30 bits per heavy atom. The number of nitrogens with one attached hydrogen (secondary N) is 1. The molecule has 0 aliphatic rings. The predicted octanol–water partition coefficient (Wildman–Crippen LogP) is 3.14. The molecule has 6 heteroatoms. The normalized spacial score (nSPS) is 13.4. The molecule has 0 amide bonds. The lowest BCUT2D eigenvalue weighted by molar-refractivity contribution is -0.138. The molecule has 0 saturated carbocycles. The zero-order chi connectivity index (χ0) is 14.8. The van der Waals surface area contributed by atoms with Crippen molar-refractivity contribution in [2.75, 3.05) is 6.54 Å². The molecule has 0 fully saturated rings. The van der Waals surface area contributed by atoms with Gasteiger partial charge in [-0.05, 0) is 18.2 Å². The van der Waals surface area contributed by atoms with E-state index in [1.165, 1.54) is 12.1 Å². The average Bonchev–Trinajstić information content (AvgIpc) is 2.81. The molecule has 0 bridgehead atoms. The van der Waals surface area contributed by atoms with Crippen LogP contribution in [0.3, 0.4) is 0 Å². The lowest BCUT2D eigenvalue weighted by atomic mass is 9.96. The third-order valence-corrected chi connectivity index (χ3v) is 3.04. The Kier molecular flexibility index (Phi) is 4.13. The number of halogens is 3. The second-order valence-corrected chi connectivity index (χ2v) is 4.52. The first-order chi connectivity index (χ1) is 9.43. The quantitative estimate of drug-likeness (QED) is 0.934. The molecule has 1 aromatic carbocycles. The van der Waals surface area contributed by atoms with Gasteiger partial charge in [0.1, 0.15) is 0 Å². The second-order valence-electron chi connectivity index (χ2n) is 4.52. The third kappa shape index (κ3) is 3.01. The van der Waals surface area contributed by atoms with Crippen LogP contribution in [0.1, 0.15) is 29.7 Å². The number of aromatic nitrogens is 2. The Balaban J connectivity index is 2.50. The molecule has 20 heavy (non-hydrogen) atoms. The molecule has 108 valence electrons. The minimum Gasteiger partial charge on any atom is -0.306 e.